The first-order valence-electron chi connectivity index (χ1n) is 5.74. The summed E-state index contributed by atoms with van der Waals surface area (Å²) in [6.07, 6.45) is 2.18. The van der Waals surface area contributed by atoms with Crippen LogP contribution in [0, 0.1) is 18.8 Å². The maximum Gasteiger partial charge on any atom is 0.229 e. The van der Waals surface area contributed by atoms with Crippen molar-refractivity contribution in [1.29, 1.82) is 0 Å². The van der Waals surface area contributed by atoms with Crippen LogP contribution in [0.25, 0.3) is 0 Å². The molecule has 0 spiro atoms. The van der Waals surface area contributed by atoms with Gasteiger partial charge in [0.15, 0.2) is 5.82 Å². The van der Waals surface area contributed by atoms with E-state index < -0.39 is 0 Å². The van der Waals surface area contributed by atoms with Gasteiger partial charge < -0.3 is 15.2 Å². The van der Waals surface area contributed by atoms with Gasteiger partial charge in [0, 0.05) is 12.6 Å². The van der Waals surface area contributed by atoms with Gasteiger partial charge in [0.2, 0.25) is 11.8 Å². The minimum atomic E-state index is -0.271. The molecule has 2 rings (SSSR count). The lowest BCUT2D eigenvalue weighted by Gasteiger charge is -2.01. The average Bonchev–Trinajstić information content (AvgIpc) is 3.05. The molecule has 1 fully saturated rings. The maximum absolute atomic E-state index is 11.8. The minimum Gasteiger partial charge on any atom is -0.360 e. The number of amides is 2. The van der Waals surface area contributed by atoms with Crippen LogP contribution in [-0.4, -0.2) is 23.5 Å². The molecule has 1 heterocycles. The predicted octanol–water partition coefficient (Wildman–Crippen LogP) is 0.860. The largest absolute Gasteiger partial charge is 0.360 e. The van der Waals surface area contributed by atoms with E-state index in [1.165, 1.54) is 0 Å². The molecule has 0 saturated heterocycles. The van der Waals surface area contributed by atoms with Crippen molar-refractivity contribution in [1.82, 2.24) is 10.5 Å². The molecule has 2 atom stereocenters. The van der Waals surface area contributed by atoms with E-state index in [-0.39, 0.29) is 23.7 Å². The van der Waals surface area contributed by atoms with E-state index in [2.05, 4.69) is 22.4 Å². The van der Waals surface area contributed by atoms with E-state index in [1.807, 2.05) is 0 Å². The van der Waals surface area contributed by atoms with Crippen LogP contribution in [0.3, 0.4) is 0 Å². The number of anilines is 1. The lowest BCUT2D eigenvalue weighted by atomic mass is 10.3. The maximum atomic E-state index is 11.8. The molecule has 6 nitrogen and oxygen atoms in total. The van der Waals surface area contributed by atoms with Crippen LogP contribution in [0.1, 0.15) is 12.2 Å². The third-order valence-corrected chi connectivity index (χ3v) is 2.76. The number of rotatable bonds is 5. The zero-order valence-corrected chi connectivity index (χ0v) is 10.1. The molecular weight excluding hydrogens is 234 g/mol. The lowest BCUT2D eigenvalue weighted by molar-refractivity contribution is -0.125. The van der Waals surface area contributed by atoms with Crippen LogP contribution in [0.4, 0.5) is 5.82 Å². The van der Waals surface area contributed by atoms with Crippen molar-refractivity contribution in [2.75, 3.05) is 11.9 Å². The Morgan fingerprint density at radius 2 is 2.28 bits per heavy atom. The summed E-state index contributed by atoms with van der Waals surface area (Å²) in [6.45, 7) is 5.68. The van der Waals surface area contributed by atoms with Crippen LogP contribution >= 0.6 is 0 Å². The summed E-state index contributed by atoms with van der Waals surface area (Å²) in [5.74, 6) is 0.203. The van der Waals surface area contributed by atoms with Crippen LogP contribution in [0.15, 0.2) is 23.2 Å². The fourth-order valence-corrected chi connectivity index (χ4v) is 1.72. The lowest BCUT2D eigenvalue weighted by Crippen LogP contribution is -2.27. The summed E-state index contributed by atoms with van der Waals surface area (Å²) < 4.78 is 4.84. The van der Waals surface area contributed by atoms with Gasteiger partial charge >= 0.3 is 0 Å². The van der Waals surface area contributed by atoms with Crippen LogP contribution < -0.4 is 10.6 Å². The van der Waals surface area contributed by atoms with Gasteiger partial charge in [-0.25, -0.2) is 0 Å². The molecule has 1 aliphatic rings. The Morgan fingerprint density at radius 1 is 1.56 bits per heavy atom. The van der Waals surface area contributed by atoms with E-state index in [0.717, 1.165) is 0 Å². The summed E-state index contributed by atoms with van der Waals surface area (Å²) in [7, 11) is 0. The Hall–Kier alpha value is -2.11. The number of nitrogens with zero attached hydrogens (tertiary/aromatic N) is 1. The molecule has 0 aromatic carbocycles. The summed E-state index contributed by atoms with van der Waals surface area (Å²) in [6, 6.07) is 1.63. The summed E-state index contributed by atoms with van der Waals surface area (Å²) in [4.78, 5) is 23.3. The first-order valence-corrected chi connectivity index (χ1v) is 5.74. The van der Waals surface area contributed by atoms with Crippen molar-refractivity contribution >= 4 is 17.6 Å². The molecule has 0 radical (unpaired) electrons. The molecule has 1 aliphatic carbocycles. The quantitative estimate of drug-likeness (QED) is 0.758. The van der Waals surface area contributed by atoms with Crippen LogP contribution in [0.2, 0.25) is 0 Å². The van der Waals surface area contributed by atoms with E-state index in [0.29, 0.717) is 24.5 Å². The summed E-state index contributed by atoms with van der Waals surface area (Å²) >= 11 is 0. The highest BCUT2D eigenvalue weighted by Crippen LogP contribution is 2.39. The second kappa shape index (κ2) is 5.03. The number of nitrogens with one attached hydrogen (secondary N) is 2. The molecular formula is C12H15N3O3. The van der Waals surface area contributed by atoms with Crippen molar-refractivity contribution in [3.63, 3.8) is 0 Å². The van der Waals surface area contributed by atoms with Crippen LogP contribution in [-0.2, 0) is 9.59 Å². The third kappa shape index (κ3) is 2.77. The zero-order chi connectivity index (χ0) is 13.1. The Morgan fingerprint density at radius 3 is 2.89 bits per heavy atom. The fourth-order valence-electron chi connectivity index (χ4n) is 1.72. The van der Waals surface area contributed by atoms with Gasteiger partial charge in [-0.15, -0.1) is 6.58 Å². The second-order valence-corrected chi connectivity index (χ2v) is 4.29. The van der Waals surface area contributed by atoms with Crippen molar-refractivity contribution in [2.45, 2.75) is 13.3 Å². The van der Waals surface area contributed by atoms with Gasteiger partial charge in [-0.1, -0.05) is 11.2 Å². The summed E-state index contributed by atoms with van der Waals surface area (Å²) in [5.41, 5.74) is 0. The minimum absolute atomic E-state index is 0.105. The van der Waals surface area contributed by atoms with Gasteiger partial charge in [0.25, 0.3) is 0 Å². The molecule has 1 aromatic heterocycles. The Bertz CT molecular complexity index is 481. The van der Waals surface area contributed by atoms with Gasteiger partial charge in [-0.3, -0.25) is 9.59 Å². The number of hydrogen-bond acceptors (Lipinski definition) is 4. The van der Waals surface area contributed by atoms with Crippen molar-refractivity contribution < 1.29 is 14.1 Å². The summed E-state index contributed by atoms with van der Waals surface area (Å²) in [5, 5.41) is 8.96. The predicted molar refractivity (Wildman–Crippen MR) is 64.7 cm³/mol. The normalized spacial score (nSPS) is 21.2. The number of carbonyl (C=O) groups excluding carboxylic acids is 2. The van der Waals surface area contributed by atoms with E-state index in [9.17, 15) is 9.59 Å². The molecule has 1 aromatic rings. The molecule has 18 heavy (non-hydrogen) atoms. The van der Waals surface area contributed by atoms with Crippen molar-refractivity contribution in [2.24, 2.45) is 11.8 Å². The van der Waals surface area contributed by atoms with Crippen LogP contribution in [0.5, 0.6) is 0 Å². The topological polar surface area (TPSA) is 84.2 Å². The third-order valence-electron chi connectivity index (χ3n) is 2.76. The van der Waals surface area contributed by atoms with Crippen molar-refractivity contribution in [3.05, 3.63) is 24.5 Å². The van der Waals surface area contributed by atoms with E-state index in [4.69, 9.17) is 4.52 Å². The first kappa shape index (κ1) is 12.3. The van der Waals surface area contributed by atoms with E-state index >= 15 is 0 Å². The van der Waals surface area contributed by atoms with Gasteiger partial charge in [-0.05, 0) is 13.3 Å². The highest BCUT2D eigenvalue weighted by Gasteiger charge is 2.47. The number of aryl methyl sites for hydroxylation is 1. The van der Waals surface area contributed by atoms with Gasteiger partial charge in [0.1, 0.15) is 5.76 Å². The monoisotopic (exact) mass is 249 g/mol. The highest BCUT2D eigenvalue weighted by atomic mass is 16.5. The average molecular weight is 249 g/mol. The van der Waals surface area contributed by atoms with E-state index in [1.54, 1.807) is 19.1 Å². The Balaban J connectivity index is 1.82. The molecule has 0 aliphatic heterocycles. The van der Waals surface area contributed by atoms with Gasteiger partial charge in [-0.2, -0.15) is 0 Å². The highest BCUT2D eigenvalue weighted by molar-refractivity contribution is 5.99. The Labute approximate surface area is 104 Å². The standard InChI is InChI=1S/C12H15N3O3/c1-3-4-13-11(16)8-6-9(8)12(17)14-10-5-7(2)18-15-10/h3,5,8-9H,1,4,6H2,2H3,(H,13,16)(H,14,15,17). The molecule has 2 N–H and O–H groups in total. The van der Waals surface area contributed by atoms with Crippen molar-refractivity contribution in [3.8, 4) is 0 Å². The number of aromatic nitrogens is 1. The number of carbonyl (C=O) groups is 2. The smallest absolute Gasteiger partial charge is 0.229 e. The molecule has 2 unspecified atom stereocenters. The zero-order valence-electron chi connectivity index (χ0n) is 10.1. The molecule has 1 saturated carbocycles. The molecule has 96 valence electrons. The SMILES string of the molecule is C=CCNC(=O)C1CC1C(=O)Nc1cc(C)on1. The number of hydrogen-bond donors (Lipinski definition) is 2. The van der Waals surface area contributed by atoms with Gasteiger partial charge in [0.05, 0.1) is 11.8 Å². The molecule has 6 heteroatoms. The molecule has 2 amide bonds. The molecule has 0 bridgehead atoms. The Kier molecular flexibility index (Phi) is 3.45. The fraction of sp³-hybridized carbons (Fsp3) is 0.417. The second-order valence-electron chi connectivity index (χ2n) is 4.29. The first-order chi connectivity index (χ1) is 8.61.